The molecule has 2 heterocycles. The Kier molecular flexibility index (Phi) is 5.29. The fourth-order valence-electron chi connectivity index (χ4n) is 4.65. The van der Waals surface area contributed by atoms with Crippen molar-refractivity contribution in [3.63, 3.8) is 0 Å². The van der Waals surface area contributed by atoms with Crippen molar-refractivity contribution in [2.45, 2.75) is 39.0 Å². The Bertz CT molecular complexity index is 1210. The summed E-state index contributed by atoms with van der Waals surface area (Å²) in [6.45, 7) is 4.00. The summed E-state index contributed by atoms with van der Waals surface area (Å²) in [6.07, 6.45) is 2.06. The van der Waals surface area contributed by atoms with Gasteiger partial charge in [0.15, 0.2) is 17.3 Å². The van der Waals surface area contributed by atoms with Gasteiger partial charge in [0, 0.05) is 45.0 Å². The van der Waals surface area contributed by atoms with E-state index < -0.39 is 5.92 Å². The number of dihydropyridines is 1. The average molecular weight is 495 g/mol. The van der Waals surface area contributed by atoms with Crippen LogP contribution in [-0.4, -0.2) is 18.5 Å². The summed E-state index contributed by atoms with van der Waals surface area (Å²) in [5.41, 5.74) is 5.37. The van der Waals surface area contributed by atoms with Crippen molar-refractivity contribution in [1.29, 1.82) is 0 Å². The topological polar surface area (TPSA) is 76.7 Å². The van der Waals surface area contributed by atoms with Crippen LogP contribution in [0.3, 0.4) is 0 Å². The number of para-hydroxylation sites is 1. The van der Waals surface area contributed by atoms with Crippen LogP contribution in [0, 0.1) is 6.92 Å². The maximum absolute atomic E-state index is 13.6. The van der Waals surface area contributed by atoms with E-state index in [0.717, 1.165) is 45.5 Å². The summed E-state index contributed by atoms with van der Waals surface area (Å²) >= 11 is 3.65. The number of anilines is 1. The number of halogens is 1. The molecule has 2 aliphatic heterocycles. The number of aryl methyl sites for hydroxylation is 1. The monoisotopic (exact) mass is 494 g/mol. The first-order valence-corrected chi connectivity index (χ1v) is 11.4. The van der Waals surface area contributed by atoms with Gasteiger partial charge in [-0.2, -0.15) is 0 Å². The Hall–Kier alpha value is -3.06. The number of benzene rings is 2. The lowest BCUT2D eigenvalue weighted by molar-refractivity contribution is -0.116. The van der Waals surface area contributed by atoms with E-state index >= 15 is 0 Å². The number of ketones is 1. The molecular weight excluding hydrogens is 472 g/mol. The first-order chi connectivity index (χ1) is 15.4. The van der Waals surface area contributed by atoms with Gasteiger partial charge < -0.3 is 20.1 Å². The van der Waals surface area contributed by atoms with Gasteiger partial charge >= 0.3 is 0 Å². The number of carbonyl (C=O) groups is 2. The Morgan fingerprint density at radius 2 is 1.88 bits per heavy atom. The summed E-state index contributed by atoms with van der Waals surface area (Å²) in [5.74, 6) is 0.589. The number of rotatable bonds is 3. The molecule has 0 aromatic heterocycles. The van der Waals surface area contributed by atoms with Gasteiger partial charge in [-0.1, -0.05) is 34.1 Å². The highest BCUT2D eigenvalue weighted by Gasteiger charge is 2.40. The molecule has 3 aliphatic rings. The van der Waals surface area contributed by atoms with Gasteiger partial charge in [-0.15, -0.1) is 0 Å². The van der Waals surface area contributed by atoms with Crippen LogP contribution in [0.15, 0.2) is 63.4 Å². The fraction of sp³-hybridized carbons (Fsp3) is 0.280. The van der Waals surface area contributed by atoms with Crippen molar-refractivity contribution in [3.05, 3.63) is 74.5 Å². The lowest BCUT2D eigenvalue weighted by Gasteiger charge is -2.35. The lowest BCUT2D eigenvalue weighted by Crippen LogP contribution is -2.35. The largest absolute Gasteiger partial charge is 0.454 e. The van der Waals surface area contributed by atoms with Crippen LogP contribution in [0.25, 0.3) is 0 Å². The second-order valence-electron chi connectivity index (χ2n) is 8.26. The van der Waals surface area contributed by atoms with Gasteiger partial charge in [0.25, 0.3) is 5.91 Å². The second-order valence-corrected chi connectivity index (χ2v) is 9.12. The molecule has 2 aromatic rings. The highest BCUT2D eigenvalue weighted by atomic mass is 79.9. The molecule has 0 spiro atoms. The predicted octanol–water partition coefficient (Wildman–Crippen LogP) is 5.09. The van der Waals surface area contributed by atoms with E-state index in [-0.39, 0.29) is 18.5 Å². The van der Waals surface area contributed by atoms with Crippen molar-refractivity contribution in [2.75, 3.05) is 12.1 Å². The van der Waals surface area contributed by atoms with E-state index in [4.69, 9.17) is 9.47 Å². The molecule has 0 bridgehead atoms. The molecule has 0 saturated heterocycles. The molecule has 0 radical (unpaired) electrons. The Labute approximate surface area is 194 Å². The number of allylic oxidation sites excluding steroid dienone is 3. The number of carbonyl (C=O) groups excluding carboxylic acids is 2. The van der Waals surface area contributed by atoms with E-state index in [1.165, 1.54) is 0 Å². The van der Waals surface area contributed by atoms with Crippen LogP contribution in [0.2, 0.25) is 0 Å². The SMILES string of the molecule is CC1=C(C(=O)Nc2ccccc2C)[C@@H](c2cc3c(cc2Br)OCO3)C2=C(CCCC2=O)N1. The summed E-state index contributed by atoms with van der Waals surface area (Å²) in [6, 6.07) is 11.4. The van der Waals surface area contributed by atoms with Crippen molar-refractivity contribution >= 4 is 33.3 Å². The smallest absolute Gasteiger partial charge is 0.254 e. The standard InChI is InChI=1S/C25H23BrN2O4/c1-13-6-3-4-7-17(13)28-25(30)22-14(2)27-18-8-5-9-19(29)24(18)23(22)15-10-20-21(11-16(15)26)32-12-31-20/h3-4,6-7,10-11,23,27H,5,8-9,12H2,1-2H3,(H,28,30)/t23-/m1/s1. The number of ether oxygens (including phenoxy) is 2. The number of amides is 1. The molecule has 1 aliphatic carbocycles. The zero-order chi connectivity index (χ0) is 22.4. The molecule has 1 amide bonds. The van der Waals surface area contributed by atoms with E-state index in [9.17, 15) is 9.59 Å². The van der Waals surface area contributed by atoms with E-state index in [0.29, 0.717) is 29.1 Å². The summed E-state index contributed by atoms with van der Waals surface area (Å²) in [7, 11) is 0. The normalized spacial score (nSPS) is 19.6. The molecule has 2 aromatic carbocycles. The van der Waals surface area contributed by atoms with Crippen LogP contribution in [0.1, 0.15) is 43.2 Å². The van der Waals surface area contributed by atoms with Crippen LogP contribution in [0.4, 0.5) is 5.69 Å². The minimum absolute atomic E-state index is 0.0713. The van der Waals surface area contributed by atoms with Gasteiger partial charge in [0.05, 0.1) is 0 Å². The minimum atomic E-state index is -0.507. The molecule has 6 nitrogen and oxygen atoms in total. The van der Waals surface area contributed by atoms with Gasteiger partial charge in [-0.05, 0) is 56.0 Å². The van der Waals surface area contributed by atoms with E-state index in [1.54, 1.807) is 0 Å². The highest BCUT2D eigenvalue weighted by molar-refractivity contribution is 9.10. The van der Waals surface area contributed by atoms with Gasteiger partial charge in [-0.25, -0.2) is 0 Å². The molecule has 5 rings (SSSR count). The van der Waals surface area contributed by atoms with E-state index in [1.807, 2.05) is 50.2 Å². The third kappa shape index (κ3) is 3.50. The van der Waals surface area contributed by atoms with Crippen molar-refractivity contribution in [2.24, 2.45) is 0 Å². The molecule has 2 N–H and O–H groups in total. The lowest BCUT2D eigenvalue weighted by atomic mass is 9.75. The predicted molar refractivity (Wildman–Crippen MR) is 125 cm³/mol. The van der Waals surface area contributed by atoms with Crippen LogP contribution in [0.5, 0.6) is 11.5 Å². The second kappa shape index (κ2) is 8.13. The highest BCUT2D eigenvalue weighted by Crippen LogP contribution is 2.48. The first kappa shape index (κ1) is 20.8. The zero-order valence-corrected chi connectivity index (χ0v) is 19.5. The molecular formula is C25H23BrN2O4. The number of Topliss-reactive ketones (excluding diaryl/α,β-unsaturated/α-hetero) is 1. The summed E-state index contributed by atoms with van der Waals surface area (Å²) in [5, 5.41) is 6.41. The third-order valence-corrected chi connectivity index (χ3v) is 6.90. The zero-order valence-electron chi connectivity index (χ0n) is 17.9. The molecule has 32 heavy (non-hydrogen) atoms. The van der Waals surface area contributed by atoms with Crippen LogP contribution >= 0.6 is 15.9 Å². The van der Waals surface area contributed by atoms with E-state index in [2.05, 4.69) is 26.6 Å². The average Bonchev–Trinajstić information content (AvgIpc) is 3.21. The summed E-state index contributed by atoms with van der Waals surface area (Å²) in [4.78, 5) is 26.7. The maximum atomic E-state index is 13.6. The van der Waals surface area contributed by atoms with Crippen molar-refractivity contribution in [1.82, 2.24) is 5.32 Å². The third-order valence-electron chi connectivity index (χ3n) is 6.22. The number of hydrogen-bond acceptors (Lipinski definition) is 5. The van der Waals surface area contributed by atoms with Crippen molar-refractivity contribution in [3.8, 4) is 11.5 Å². The quantitative estimate of drug-likeness (QED) is 0.621. The molecule has 164 valence electrons. The fourth-order valence-corrected chi connectivity index (χ4v) is 5.20. The number of fused-ring (bicyclic) bond motifs is 1. The summed E-state index contributed by atoms with van der Waals surface area (Å²) < 4.78 is 11.9. The Morgan fingerprint density at radius 1 is 1.12 bits per heavy atom. The Morgan fingerprint density at radius 3 is 2.66 bits per heavy atom. The van der Waals surface area contributed by atoms with Crippen molar-refractivity contribution < 1.29 is 19.1 Å². The van der Waals surface area contributed by atoms with Crippen LogP contribution < -0.4 is 20.1 Å². The van der Waals surface area contributed by atoms with Crippen LogP contribution in [-0.2, 0) is 9.59 Å². The maximum Gasteiger partial charge on any atom is 0.254 e. The molecule has 0 unspecified atom stereocenters. The Balaban J connectivity index is 1.64. The molecule has 1 atom stereocenters. The number of nitrogens with one attached hydrogen (secondary N) is 2. The minimum Gasteiger partial charge on any atom is -0.454 e. The first-order valence-electron chi connectivity index (χ1n) is 10.6. The molecule has 0 saturated carbocycles. The molecule has 7 heteroatoms. The van der Waals surface area contributed by atoms with Gasteiger partial charge in [0.2, 0.25) is 6.79 Å². The van der Waals surface area contributed by atoms with Gasteiger partial charge in [0.1, 0.15) is 0 Å². The van der Waals surface area contributed by atoms with Gasteiger partial charge in [-0.3, -0.25) is 9.59 Å². The molecule has 0 fully saturated rings. The number of hydrogen-bond donors (Lipinski definition) is 2.